The van der Waals surface area contributed by atoms with Crippen molar-refractivity contribution >= 4 is 11.6 Å². The molecule has 0 spiro atoms. The average molecular weight is 258 g/mol. The van der Waals surface area contributed by atoms with Crippen LogP contribution in [-0.2, 0) is 5.54 Å². The molecule has 1 unspecified atom stereocenters. The first-order chi connectivity index (χ1) is 8.81. The van der Waals surface area contributed by atoms with E-state index in [0.717, 1.165) is 18.0 Å². The van der Waals surface area contributed by atoms with E-state index in [2.05, 4.69) is 47.8 Å². The van der Waals surface area contributed by atoms with Gasteiger partial charge in [-0.3, -0.25) is 0 Å². The molecule has 1 saturated heterocycles. The molecule has 1 atom stereocenters. The van der Waals surface area contributed by atoms with Gasteiger partial charge in [-0.25, -0.2) is 0 Å². The Hall–Kier alpha value is -1.31. The fraction of sp³-hybridized carbons (Fsp3) is 0.250. The highest BCUT2D eigenvalue weighted by Gasteiger charge is 2.36. The standard InChI is InChI=1S/C16H16ClN/c17-15-9-7-14(8-10-15)16(11-4-12-18-16)13-5-2-1-3-6-13/h1-3,5-10,18H,4,11-12H2. The van der Waals surface area contributed by atoms with E-state index in [1.54, 1.807) is 0 Å². The van der Waals surface area contributed by atoms with Gasteiger partial charge < -0.3 is 5.32 Å². The lowest BCUT2D eigenvalue weighted by atomic mass is 9.82. The maximum absolute atomic E-state index is 5.99. The van der Waals surface area contributed by atoms with Gasteiger partial charge in [0.2, 0.25) is 0 Å². The zero-order valence-corrected chi connectivity index (χ0v) is 11.0. The lowest BCUT2D eigenvalue weighted by Crippen LogP contribution is -2.37. The van der Waals surface area contributed by atoms with Gasteiger partial charge in [0.15, 0.2) is 0 Å². The Bertz CT molecular complexity index is 513. The third kappa shape index (κ3) is 1.94. The smallest absolute Gasteiger partial charge is 0.0691 e. The minimum Gasteiger partial charge on any atom is -0.304 e. The molecule has 2 aromatic rings. The molecule has 1 fully saturated rings. The second-order valence-corrected chi connectivity index (χ2v) is 5.25. The van der Waals surface area contributed by atoms with Crippen molar-refractivity contribution in [2.75, 3.05) is 6.54 Å². The molecule has 1 N–H and O–H groups in total. The van der Waals surface area contributed by atoms with E-state index in [0.29, 0.717) is 0 Å². The fourth-order valence-corrected chi connectivity index (χ4v) is 2.99. The van der Waals surface area contributed by atoms with Crippen molar-refractivity contribution in [3.8, 4) is 0 Å². The molecule has 92 valence electrons. The fourth-order valence-electron chi connectivity index (χ4n) is 2.86. The number of benzene rings is 2. The SMILES string of the molecule is Clc1ccc(C2(c3ccccc3)CCCN2)cc1. The lowest BCUT2D eigenvalue weighted by Gasteiger charge is -2.31. The van der Waals surface area contributed by atoms with Gasteiger partial charge in [-0.05, 0) is 42.6 Å². The van der Waals surface area contributed by atoms with Crippen molar-refractivity contribution < 1.29 is 0 Å². The molecule has 0 bridgehead atoms. The molecule has 1 heterocycles. The Labute approximate surface area is 113 Å². The van der Waals surface area contributed by atoms with Crippen molar-refractivity contribution in [1.29, 1.82) is 0 Å². The predicted molar refractivity (Wildman–Crippen MR) is 75.9 cm³/mol. The van der Waals surface area contributed by atoms with Crippen LogP contribution in [0.5, 0.6) is 0 Å². The van der Waals surface area contributed by atoms with Crippen LogP contribution in [0.15, 0.2) is 54.6 Å². The molecule has 1 aliphatic rings. The minimum atomic E-state index is -0.0359. The van der Waals surface area contributed by atoms with Crippen LogP contribution in [-0.4, -0.2) is 6.54 Å². The molecule has 2 heteroatoms. The third-order valence-electron chi connectivity index (χ3n) is 3.76. The van der Waals surface area contributed by atoms with Gasteiger partial charge in [-0.15, -0.1) is 0 Å². The molecular weight excluding hydrogens is 242 g/mol. The monoisotopic (exact) mass is 257 g/mol. The van der Waals surface area contributed by atoms with Crippen LogP contribution in [0.4, 0.5) is 0 Å². The van der Waals surface area contributed by atoms with Gasteiger partial charge in [-0.1, -0.05) is 54.1 Å². The first kappa shape index (κ1) is 11.8. The summed E-state index contributed by atoms with van der Waals surface area (Å²) in [5.74, 6) is 0. The quantitative estimate of drug-likeness (QED) is 0.859. The summed E-state index contributed by atoms with van der Waals surface area (Å²) in [6.07, 6.45) is 2.34. The molecular formula is C16H16ClN. The van der Waals surface area contributed by atoms with Gasteiger partial charge >= 0.3 is 0 Å². The second kappa shape index (κ2) is 4.75. The van der Waals surface area contributed by atoms with E-state index in [1.807, 2.05) is 12.1 Å². The highest BCUT2D eigenvalue weighted by atomic mass is 35.5. The summed E-state index contributed by atoms with van der Waals surface area (Å²) in [5.41, 5.74) is 2.60. The van der Waals surface area contributed by atoms with E-state index >= 15 is 0 Å². The molecule has 3 rings (SSSR count). The number of hydrogen-bond donors (Lipinski definition) is 1. The number of halogens is 1. The van der Waals surface area contributed by atoms with E-state index in [9.17, 15) is 0 Å². The van der Waals surface area contributed by atoms with Gasteiger partial charge in [0.05, 0.1) is 5.54 Å². The summed E-state index contributed by atoms with van der Waals surface area (Å²) >= 11 is 5.99. The van der Waals surface area contributed by atoms with Crippen molar-refractivity contribution in [3.63, 3.8) is 0 Å². The van der Waals surface area contributed by atoms with Crippen LogP contribution in [0.3, 0.4) is 0 Å². The zero-order chi connectivity index (χ0) is 12.4. The summed E-state index contributed by atoms with van der Waals surface area (Å²) in [6, 6.07) is 18.9. The van der Waals surface area contributed by atoms with Crippen LogP contribution >= 0.6 is 11.6 Å². The van der Waals surface area contributed by atoms with Gasteiger partial charge in [0.1, 0.15) is 0 Å². The van der Waals surface area contributed by atoms with Gasteiger partial charge in [0, 0.05) is 5.02 Å². The van der Waals surface area contributed by atoms with Crippen molar-refractivity contribution in [2.24, 2.45) is 0 Å². The molecule has 0 radical (unpaired) electrons. The van der Waals surface area contributed by atoms with Crippen molar-refractivity contribution in [3.05, 3.63) is 70.7 Å². The maximum Gasteiger partial charge on any atom is 0.0691 e. The van der Waals surface area contributed by atoms with Crippen LogP contribution in [0.1, 0.15) is 24.0 Å². The van der Waals surface area contributed by atoms with E-state index in [1.165, 1.54) is 17.5 Å². The molecule has 0 aromatic heterocycles. The van der Waals surface area contributed by atoms with Gasteiger partial charge in [0.25, 0.3) is 0 Å². The number of rotatable bonds is 2. The van der Waals surface area contributed by atoms with Crippen molar-refractivity contribution in [1.82, 2.24) is 5.32 Å². The first-order valence-electron chi connectivity index (χ1n) is 6.38. The predicted octanol–water partition coefficient (Wildman–Crippen LogP) is 3.97. The van der Waals surface area contributed by atoms with E-state index in [-0.39, 0.29) is 5.54 Å². The average Bonchev–Trinajstić information content (AvgIpc) is 2.91. The summed E-state index contributed by atoms with van der Waals surface area (Å²) < 4.78 is 0. The van der Waals surface area contributed by atoms with Crippen LogP contribution in [0.25, 0.3) is 0 Å². The topological polar surface area (TPSA) is 12.0 Å². The Kier molecular flexibility index (Phi) is 3.11. The molecule has 0 aliphatic carbocycles. The highest BCUT2D eigenvalue weighted by Crippen LogP contribution is 2.37. The molecule has 0 amide bonds. The van der Waals surface area contributed by atoms with Gasteiger partial charge in [-0.2, -0.15) is 0 Å². The maximum atomic E-state index is 5.99. The Morgan fingerprint density at radius 1 is 0.889 bits per heavy atom. The number of hydrogen-bond acceptors (Lipinski definition) is 1. The Balaban J connectivity index is 2.10. The first-order valence-corrected chi connectivity index (χ1v) is 6.76. The summed E-state index contributed by atoms with van der Waals surface area (Å²) in [5, 5.41) is 4.47. The zero-order valence-electron chi connectivity index (χ0n) is 10.2. The minimum absolute atomic E-state index is 0.0359. The normalized spacial score (nSPS) is 23.2. The third-order valence-corrected chi connectivity index (χ3v) is 4.01. The highest BCUT2D eigenvalue weighted by molar-refractivity contribution is 6.30. The summed E-state index contributed by atoms with van der Waals surface area (Å²) in [4.78, 5) is 0. The molecule has 1 aliphatic heterocycles. The Morgan fingerprint density at radius 2 is 1.56 bits per heavy atom. The van der Waals surface area contributed by atoms with Crippen LogP contribution < -0.4 is 5.32 Å². The largest absolute Gasteiger partial charge is 0.304 e. The summed E-state index contributed by atoms with van der Waals surface area (Å²) in [7, 11) is 0. The van der Waals surface area contributed by atoms with Crippen LogP contribution in [0.2, 0.25) is 5.02 Å². The molecule has 2 aromatic carbocycles. The Morgan fingerprint density at radius 3 is 2.17 bits per heavy atom. The molecule has 0 saturated carbocycles. The van der Waals surface area contributed by atoms with E-state index in [4.69, 9.17) is 11.6 Å². The molecule has 18 heavy (non-hydrogen) atoms. The van der Waals surface area contributed by atoms with Crippen LogP contribution in [0, 0.1) is 0 Å². The summed E-state index contributed by atoms with van der Waals surface area (Å²) in [6.45, 7) is 1.07. The second-order valence-electron chi connectivity index (χ2n) is 4.81. The number of nitrogens with one attached hydrogen (secondary N) is 1. The van der Waals surface area contributed by atoms with E-state index < -0.39 is 0 Å². The molecule has 1 nitrogen and oxygen atoms in total. The lowest BCUT2D eigenvalue weighted by molar-refractivity contribution is 0.475. The van der Waals surface area contributed by atoms with Crippen molar-refractivity contribution in [2.45, 2.75) is 18.4 Å².